The minimum absolute atomic E-state index is 0.0270. The Morgan fingerprint density at radius 1 is 1.03 bits per heavy atom. The molecule has 3 aromatic rings. The molecule has 1 fully saturated rings. The van der Waals surface area contributed by atoms with Gasteiger partial charge in [0.25, 0.3) is 28.0 Å². The summed E-state index contributed by atoms with van der Waals surface area (Å²) in [5.41, 5.74) is 1.01. The number of nitrogens with zero attached hydrogens (tertiary/aromatic N) is 2. The van der Waals surface area contributed by atoms with E-state index in [2.05, 4.69) is 5.32 Å². The SMILES string of the molecule is N=C1OCCN1c1ccc(N(CS(=O)(=O)O)C(=O)c2ccc(Cl)cc2NC(=O)c2ccc(Cl)cc2)cc1. The zero-order chi connectivity index (χ0) is 26.7. The number of amides is 2. The van der Waals surface area contributed by atoms with Crippen molar-refractivity contribution in [3.05, 3.63) is 87.9 Å². The Morgan fingerprint density at radius 3 is 2.27 bits per heavy atom. The van der Waals surface area contributed by atoms with E-state index in [1.54, 1.807) is 17.0 Å². The third kappa shape index (κ3) is 6.38. The molecule has 192 valence electrons. The van der Waals surface area contributed by atoms with Crippen LogP contribution in [0.4, 0.5) is 17.1 Å². The quantitative estimate of drug-likeness (QED) is 0.360. The fourth-order valence-corrected chi connectivity index (χ4v) is 4.52. The van der Waals surface area contributed by atoms with Gasteiger partial charge >= 0.3 is 0 Å². The zero-order valence-electron chi connectivity index (χ0n) is 19.0. The van der Waals surface area contributed by atoms with Gasteiger partial charge in [0.05, 0.1) is 17.8 Å². The third-order valence-electron chi connectivity index (χ3n) is 5.38. The van der Waals surface area contributed by atoms with Gasteiger partial charge in [-0.25, -0.2) is 0 Å². The van der Waals surface area contributed by atoms with Gasteiger partial charge in [0.1, 0.15) is 6.61 Å². The predicted octanol–water partition coefficient (Wildman–Crippen LogP) is 4.51. The minimum Gasteiger partial charge on any atom is -0.463 e. The smallest absolute Gasteiger partial charge is 0.289 e. The van der Waals surface area contributed by atoms with Gasteiger partial charge in [-0.15, -0.1) is 0 Å². The predicted molar refractivity (Wildman–Crippen MR) is 142 cm³/mol. The van der Waals surface area contributed by atoms with Crippen LogP contribution in [-0.2, 0) is 14.9 Å². The second-order valence-corrected chi connectivity index (χ2v) is 10.2. The molecular formula is C24H20Cl2N4O6S. The lowest BCUT2D eigenvalue weighted by Crippen LogP contribution is -2.36. The highest BCUT2D eigenvalue weighted by atomic mass is 35.5. The summed E-state index contributed by atoms with van der Waals surface area (Å²) in [6.45, 7) is 0.822. The molecule has 0 spiro atoms. The average Bonchev–Trinajstić information content (AvgIpc) is 3.28. The molecule has 0 unspecified atom stereocenters. The van der Waals surface area contributed by atoms with E-state index in [1.165, 1.54) is 54.6 Å². The van der Waals surface area contributed by atoms with Gasteiger partial charge in [-0.1, -0.05) is 23.2 Å². The number of carbonyl (C=O) groups is 2. The van der Waals surface area contributed by atoms with Crippen molar-refractivity contribution in [1.82, 2.24) is 0 Å². The molecule has 1 aliphatic rings. The second-order valence-electron chi connectivity index (χ2n) is 7.92. The van der Waals surface area contributed by atoms with Crippen molar-refractivity contribution >= 4 is 68.2 Å². The van der Waals surface area contributed by atoms with E-state index in [4.69, 9.17) is 33.3 Å². The first kappa shape index (κ1) is 26.4. The summed E-state index contributed by atoms with van der Waals surface area (Å²) in [6, 6.07) is 16.3. The van der Waals surface area contributed by atoms with Crippen LogP contribution in [0.2, 0.25) is 10.0 Å². The van der Waals surface area contributed by atoms with E-state index >= 15 is 0 Å². The number of halogens is 2. The van der Waals surface area contributed by atoms with Crippen molar-refractivity contribution in [3.63, 3.8) is 0 Å². The maximum atomic E-state index is 13.6. The standard InChI is InChI=1S/C24H20Cl2N4O6S/c25-16-3-1-15(2-4-16)22(31)28-21-13-17(26)5-10-20(21)23(32)30(14-37(33,34)35)19-8-6-18(7-9-19)29-11-12-36-24(29)27/h1-10,13,27H,11-12,14H2,(H,28,31)(H,33,34,35). The van der Waals surface area contributed by atoms with Crippen LogP contribution in [0.25, 0.3) is 0 Å². The molecule has 3 aromatic carbocycles. The Morgan fingerprint density at radius 2 is 1.68 bits per heavy atom. The van der Waals surface area contributed by atoms with Crippen molar-refractivity contribution in [3.8, 4) is 0 Å². The number of hydrogen-bond donors (Lipinski definition) is 3. The number of rotatable bonds is 7. The molecule has 37 heavy (non-hydrogen) atoms. The highest BCUT2D eigenvalue weighted by Gasteiger charge is 2.27. The number of benzene rings is 3. The molecule has 1 saturated heterocycles. The molecular weight excluding hydrogens is 543 g/mol. The Kier molecular flexibility index (Phi) is 7.69. The first-order valence-electron chi connectivity index (χ1n) is 10.7. The van der Waals surface area contributed by atoms with Crippen LogP contribution in [0.5, 0.6) is 0 Å². The normalized spacial score (nSPS) is 13.3. The first-order chi connectivity index (χ1) is 17.5. The fourth-order valence-electron chi connectivity index (χ4n) is 3.63. The molecule has 1 aliphatic heterocycles. The average molecular weight is 563 g/mol. The van der Waals surface area contributed by atoms with Gasteiger partial charge < -0.3 is 10.1 Å². The van der Waals surface area contributed by atoms with E-state index in [-0.39, 0.29) is 33.5 Å². The molecule has 2 amide bonds. The van der Waals surface area contributed by atoms with Crippen molar-refractivity contribution in [2.45, 2.75) is 0 Å². The highest BCUT2D eigenvalue weighted by Crippen LogP contribution is 2.28. The molecule has 10 nitrogen and oxygen atoms in total. The van der Waals surface area contributed by atoms with Gasteiger partial charge in [-0.3, -0.25) is 29.4 Å². The molecule has 1 heterocycles. The Bertz CT molecular complexity index is 1460. The second kappa shape index (κ2) is 10.8. The van der Waals surface area contributed by atoms with Crippen LogP contribution in [0.15, 0.2) is 66.7 Å². The van der Waals surface area contributed by atoms with Crippen molar-refractivity contribution in [2.75, 3.05) is 34.1 Å². The van der Waals surface area contributed by atoms with Gasteiger partial charge in [-0.2, -0.15) is 8.42 Å². The van der Waals surface area contributed by atoms with Crippen LogP contribution >= 0.6 is 23.2 Å². The summed E-state index contributed by atoms with van der Waals surface area (Å²) >= 11 is 12.0. The van der Waals surface area contributed by atoms with Crippen LogP contribution in [0.1, 0.15) is 20.7 Å². The van der Waals surface area contributed by atoms with Crippen LogP contribution in [0, 0.1) is 5.41 Å². The Balaban J connectivity index is 1.67. The van der Waals surface area contributed by atoms with Gasteiger partial charge in [-0.05, 0) is 66.7 Å². The van der Waals surface area contributed by atoms with E-state index in [1.807, 2.05) is 0 Å². The van der Waals surface area contributed by atoms with E-state index in [0.717, 1.165) is 4.90 Å². The number of nitrogens with one attached hydrogen (secondary N) is 2. The Hall–Kier alpha value is -3.64. The molecule has 0 radical (unpaired) electrons. The number of hydrogen-bond acceptors (Lipinski definition) is 6. The number of amidine groups is 1. The molecule has 0 aromatic heterocycles. The summed E-state index contributed by atoms with van der Waals surface area (Å²) in [5, 5.41) is 11.1. The van der Waals surface area contributed by atoms with Crippen LogP contribution in [-0.4, -0.2) is 49.8 Å². The molecule has 4 rings (SSSR count). The zero-order valence-corrected chi connectivity index (χ0v) is 21.3. The summed E-state index contributed by atoms with van der Waals surface area (Å²) in [7, 11) is -4.64. The first-order valence-corrected chi connectivity index (χ1v) is 13.1. The largest absolute Gasteiger partial charge is 0.463 e. The van der Waals surface area contributed by atoms with Gasteiger partial charge in [0, 0.05) is 27.0 Å². The maximum absolute atomic E-state index is 13.6. The van der Waals surface area contributed by atoms with Crippen LogP contribution in [0.3, 0.4) is 0 Å². The van der Waals surface area contributed by atoms with Crippen molar-refractivity contribution in [2.24, 2.45) is 0 Å². The molecule has 0 atom stereocenters. The lowest BCUT2D eigenvalue weighted by molar-refractivity contribution is 0.0991. The molecule has 0 bridgehead atoms. The third-order valence-corrected chi connectivity index (χ3v) is 6.45. The molecule has 13 heteroatoms. The fraction of sp³-hybridized carbons (Fsp3) is 0.125. The monoisotopic (exact) mass is 562 g/mol. The molecule has 0 saturated carbocycles. The summed E-state index contributed by atoms with van der Waals surface area (Å²) in [5.74, 6) is -2.40. The number of anilines is 3. The topological polar surface area (TPSA) is 140 Å². The lowest BCUT2D eigenvalue weighted by atomic mass is 10.1. The summed E-state index contributed by atoms with van der Waals surface area (Å²) in [6.07, 6.45) is 0. The summed E-state index contributed by atoms with van der Waals surface area (Å²) in [4.78, 5) is 28.8. The van der Waals surface area contributed by atoms with Crippen molar-refractivity contribution < 1.29 is 27.3 Å². The van der Waals surface area contributed by atoms with E-state index in [0.29, 0.717) is 23.9 Å². The lowest BCUT2D eigenvalue weighted by Gasteiger charge is -2.24. The maximum Gasteiger partial charge on any atom is 0.289 e. The summed E-state index contributed by atoms with van der Waals surface area (Å²) < 4.78 is 38.3. The molecule has 0 aliphatic carbocycles. The van der Waals surface area contributed by atoms with Gasteiger partial charge in [0.2, 0.25) is 0 Å². The van der Waals surface area contributed by atoms with E-state index in [9.17, 15) is 22.6 Å². The van der Waals surface area contributed by atoms with Crippen LogP contribution < -0.4 is 15.1 Å². The molecule has 3 N–H and O–H groups in total. The van der Waals surface area contributed by atoms with Gasteiger partial charge in [0.15, 0.2) is 5.88 Å². The van der Waals surface area contributed by atoms with E-state index < -0.39 is 27.8 Å². The highest BCUT2D eigenvalue weighted by molar-refractivity contribution is 7.85. The number of carbonyl (C=O) groups excluding carboxylic acids is 2. The number of ether oxygens (including phenoxy) is 1. The minimum atomic E-state index is -4.64. The van der Waals surface area contributed by atoms with Crippen molar-refractivity contribution in [1.29, 1.82) is 5.41 Å². The Labute approximate surface area is 222 Å².